The molecule has 160 valence electrons. The molecule has 0 amide bonds. The minimum Gasteiger partial charge on any atom is -0.478 e. The summed E-state index contributed by atoms with van der Waals surface area (Å²) >= 11 is 5.90. The van der Waals surface area contributed by atoms with Crippen LogP contribution in [0.15, 0.2) is 59.2 Å². The summed E-state index contributed by atoms with van der Waals surface area (Å²) < 4.78 is 80.3. The molecule has 0 bridgehead atoms. The number of carbonyl (C=O) groups is 1. The van der Waals surface area contributed by atoms with Gasteiger partial charge < -0.3 is 10.0 Å². The van der Waals surface area contributed by atoms with E-state index in [0.29, 0.717) is 0 Å². The molecular weight excluding hydrogens is 436 g/mol. The van der Waals surface area contributed by atoms with E-state index in [0.717, 1.165) is 23.1 Å². The van der Waals surface area contributed by atoms with Crippen LogP contribution in [0.5, 0.6) is 0 Å². The van der Waals surface area contributed by atoms with Gasteiger partial charge in [-0.15, -0.1) is 0 Å². The fraction of sp³-hybridized carbons (Fsp3) is 0.250. The van der Waals surface area contributed by atoms with E-state index in [-0.39, 0.29) is 21.8 Å². The molecule has 0 aromatic heterocycles. The van der Waals surface area contributed by atoms with Crippen LogP contribution in [0.2, 0.25) is 5.02 Å². The van der Waals surface area contributed by atoms with Crippen molar-refractivity contribution in [1.82, 2.24) is 0 Å². The summed E-state index contributed by atoms with van der Waals surface area (Å²) in [5.74, 6) is -1.75. The van der Waals surface area contributed by atoms with E-state index >= 15 is 0 Å². The number of alkyl halides is 6. The van der Waals surface area contributed by atoms with Crippen LogP contribution in [0, 0.1) is 0 Å². The summed E-state index contributed by atoms with van der Waals surface area (Å²) in [7, 11) is 0. The van der Waals surface area contributed by atoms with Gasteiger partial charge in [0.1, 0.15) is 0 Å². The second kappa shape index (κ2) is 7.86. The van der Waals surface area contributed by atoms with Gasteiger partial charge in [-0.2, -0.15) is 26.3 Å². The summed E-state index contributed by atoms with van der Waals surface area (Å²) in [6.07, 6.45) is -4.58. The molecule has 1 atom stereocenters. The van der Waals surface area contributed by atoms with E-state index in [1.807, 2.05) is 0 Å². The maximum atomic E-state index is 13.9. The Morgan fingerprint density at radius 1 is 1.17 bits per heavy atom. The molecule has 1 aliphatic carbocycles. The molecule has 1 aliphatic heterocycles. The molecule has 1 unspecified atom stereocenters. The molecule has 1 aromatic rings. The van der Waals surface area contributed by atoms with Crippen LogP contribution in [0.4, 0.5) is 32.0 Å². The van der Waals surface area contributed by atoms with Crippen molar-refractivity contribution in [1.29, 1.82) is 0 Å². The van der Waals surface area contributed by atoms with Crippen LogP contribution in [0.3, 0.4) is 0 Å². The predicted octanol–water partition coefficient (Wildman–Crippen LogP) is 5.93. The number of hydrogen-bond acceptors (Lipinski definition) is 2. The summed E-state index contributed by atoms with van der Waals surface area (Å²) in [6.45, 7) is -0.457. The number of fused-ring (bicyclic) bond motifs is 1. The monoisotopic (exact) mass is 449 g/mol. The number of allylic oxidation sites excluding steroid dienone is 4. The molecule has 0 spiro atoms. The first kappa shape index (κ1) is 22.0. The molecule has 0 saturated heterocycles. The van der Waals surface area contributed by atoms with E-state index in [4.69, 9.17) is 11.6 Å². The maximum absolute atomic E-state index is 13.9. The van der Waals surface area contributed by atoms with Crippen LogP contribution < -0.4 is 4.90 Å². The van der Waals surface area contributed by atoms with Crippen molar-refractivity contribution < 1.29 is 36.2 Å². The summed E-state index contributed by atoms with van der Waals surface area (Å²) in [4.78, 5) is 12.4. The van der Waals surface area contributed by atoms with E-state index in [9.17, 15) is 36.2 Å². The van der Waals surface area contributed by atoms with Crippen LogP contribution in [-0.2, 0) is 4.79 Å². The first-order chi connectivity index (χ1) is 13.9. The number of aliphatic carboxylic acids is 1. The van der Waals surface area contributed by atoms with Crippen molar-refractivity contribution in [2.24, 2.45) is 0 Å². The molecular formula is C20H14ClF6NO2. The van der Waals surface area contributed by atoms with Crippen molar-refractivity contribution >= 4 is 29.3 Å². The normalized spacial score (nSPS) is 19.5. The minimum atomic E-state index is -4.94. The highest BCUT2D eigenvalue weighted by molar-refractivity contribution is 6.30. The highest BCUT2D eigenvalue weighted by Crippen LogP contribution is 2.41. The Hall–Kier alpha value is -2.68. The van der Waals surface area contributed by atoms with Gasteiger partial charge in [0.25, 0.3) is 0 Å². The summed E-state index contributed by atoms with van der Waals surface area (Å²) in [5.41, 5.74) is -1.33. The first-order valence-electron chi connectivity index (χ1n) is 8.59. The minimum absolute atomic E-state index is 0.0743. The molecule has 3 nitrogen and oxygen atoms in total. The summed E-state index contributed by atoms with van der Waals surface area (Å²) in [6, 6.07) is 1.54. The SMILES string of the molecule is O=C(O)C1=Cc2cc(Cl)ccc2N(CC2=CC=C(C(F)(F)F)CC=C2)C1C(F)(F)F. The number of rotatable bonds is 3. The lowest BCUT2D eigenvalue weighted by Gasteiger charge is -2.39. The molecule has 2 aliphatic rings. The van der Waals surface area contributed by atoms with E-state index in [1.165, 1.54) is 30.4 Å². The van der Waals surface area contributed by atoms with Gasteiger partial charge in [-0.25, -0.2) is 4.79 Å². The van der Waals surface area contributed by atoms with Gasteiger partial charge in [-0.05, 0) is 41.8 Å². The van der Waals surface area contributed by atoms with Gasteiger partial charge in [0.15, 0.2) is 6.04 Å². The second-order valence-corrected chi connectivity index (χ2v) is 7.15. The molecule has 0 radical (unpaired) electrons. The fourth-order valence-electron chi connectivity index (χ4n) is 3.34. The van der Waals surface area contributed by atoms with E-state index in [1.54, 1.807) is 0 Å². The number of carboxylic acids is 1. The average molecular weight is 450 g/mol. The summed E-state index contributed by atoms with van der Waals surface area (Å²) in [5, 5.41) is 9.57. The Balaban J connectivity index is 2.09. The lowest BCUT2D eigenvalue weighted by atomic mass is 9.94. The van der Waals surface area contributed by atoms with Gasteiger partial charge in [0, 0.05) is 22.8 Å². The topological polar surface area (TPSA) is 40.5 Å². The largest absolute Gasteiger partial charge is 0.478 e. The molecule has 1 heterocycles. The van der Waals surface area contributed by atoms with Crippen LogP contribution in [0.25, 0.3) is 6.08 Å². The standard InChI is InChI=1S/C20H14ClF6NO2/c21-14-6-7-16-12(8-14)9-15(18(29)30)17(20(25,26)27)28(16)10-11-2-1-3-13(5-4-11)19(22,23)24/h1-2,4-9,17H,3,10H2,(H,29,30). The number of halogens is 7. The highest BCUT2D eigenvalue weighted by Gasteiger charge is 2.50. The van der Waals surface area contributed by atoms with E-state index < -0.39 is 48.5 Å². The molecule has 0 saturated carbocycles. The third kappa shape index (κ3) is 4.56. The Morgan fingerprint density at radius 3 is 2.47 bits per heavy atom. The molecule has 1 N–H and O–H groups in total. The predicted molar refractivity (Wildman–Crippen MR) is 100 cm³/mol. The number of hydrogen-bond donors (Lipinski definition) is 1. The number of benzene rings is 1. The lowest BCUT2D eigenvalue weighted by Crippen LogP contribution is -2.51. The Morgan fingerprint density at radius 2 is 1.87 bits per heavy atom. The number of anilines is 1. The van der Waals surface area contributed by atoms with Gasteiger partial charge in [0.05, 0.1) is 5.57 Å². The molecule has 1 aromatic carbocycles. The first-order valence-corrected chi connectivity index (χ1v) is 8.97. The van der Waals surface area contributed by atoms with Gasteiger partial charge in [0.2, 0.25) is 0 Å². The number of nitrogens with zero attached hydrogens (tertiary/aromatic N) is 1. The van der Waals surface area contributed by atoms with Gasteiger partial charge >= 0.3 is 18.3 Å². The third-order valence-electron chi connectivity index (χ3n) is 4.66. The van der Waals surface area contributed by atoms with Crippen molar-refractivity contribution in [2.45, 2.75) is 24.8 Å². The van der Waals surface area contributed by atoms with Gasteiger partial charge in [-0.3, -0.25) is 0 Å². The van der Waals surface area contributed by atoms with Crippen molar-refractivity contribution in [3.63, 3.8) is 0 Å². The molecule has 10 heteroatoms. The van der Waals surface area contributed by atoms with Crippen molar-refractivity contribution in [3.05, 3.63) is 69.8 Å². The highest BCUT2D eigenvalue weighted by atomic mass is 35.5. The lowest BCUT2D eigenvalue weighted by molar-refractivity contribution is -0.150. The molecule has 3 rings (SSSR count). The van der Waals surface area contributed by atoms with Gasteiger partial charge in [-0.1, -0.05) is 35.9 Å². The molecule has 30 heavy (non-hydrogen) atoms. The fourth-order valence-corrected chi connectivity index (χ4v) is 3.53. The Kier molecular flexibility index (Phi) is 5.77. The zero-order valence-corrected chi connectivity index (χ0v) is 15.8. The van der Waals surface area contributed by atoms with E-state index in [2.05, 4.69) is 0 Å². The average Bonchev–Trinajstić information content (AvgIpc) is 2.85. The van der Waals surface area contributed by atoms with Crippen LogP contribution in [0.1, 0.15) is 12.0 Å². The van der Waals surface area contributed by atoms with Crippen molar-refractivity contribution in [2.75, 3.05) is 11.4 Å². The second-order valence-electron chi connectivity index (χ2n) is 6.72. The van der Waals surface area contributed by atoms with Crippen LogP contribution >= 0.6 is 11.6 Å². The third-order valence-corrected chi connectivity index (χ3v) is 4.89. The zero-order chi connectivity index (χ0) is 22.3. The zero-order valence-electron chi connectivity index (χ0n) is 15.1. The quantitative estimate of drug-likeness (QED) is 0.581. The molecule has 0 fully saturated rings. The Bertz CT molecular complexity index is 988. The smallest absolute Gasteiger partial charge is 0.413 e. The van der Waals surface area contributed by atoms with Crippen molar-refractivity contribution in [3.8, 4) is 0 Å². The Labute approximate surface area is 172 Å². The van der Waals surface area contributed by atoms with Crippen LogP contribution in [-0.4, -0.2) is 36.0 Å². The number of carboxylic acid groups (broad SMARTS) is 1. The maximum Gasteiger partial charge on any atom is 0.413 e.